The molecule has 0 bridgehead atoms. The minimum absolute atomic E-state index is 0.0874. The first-order valence-corrected chi connectivity index (χ1v) is 7.77. The Morgan fingerprint density at radius 2 is 2.05 bits per heavy atom. The Morgan fingerprint density at radius 1 is 1.32 bits per heavy atom. The average molecular weight is 316 g/mol. The molecule has 2 heterocycles. The summed E-state index contributed by atoms with van der Waals surface area (Å²) >= 11 is 1.46. The third-order valence-electron chi connectivity index (χ3n) is 3.61. The highest BCUT2D eigenvalue weighted by Gasteiger charge is 2.15. The van der Waals surface area contributed by atoms with Crippen molar-refractivity contribution in [2.45, 2.75) is 13.5 Å². The molecule has 5 nitrogen and oxygen atoms in total. The van der Waals surface area contributed by atoms with Gasteiger partial charge in [0.05, 0.1) is 25.6 Å². The Balaban J connectivity index is 2.22. The molecular formula is C16H16N2O3S. The van der Waals surface area contributed by atoms with Crippen LogP contribution in [0.3, 0.4) is 0 Å². The van der Waals surface area contributed by atoms with Gasteiger partial charge in [-0.05, 0) is 24.6 Å². The lowest BCUT2D eigenvalue weighted by atomic mass is 10.1. The second-order valence-electron chi connectivity index (χ2n) is 4.90. The van der Waals surface area contributed by atoms with Crippen LogP contribution < -0.4 is 10.3 Å². The molecule has 1 aromatic carbocycles. The fourth-order valence-corrected chi connectivity index (χ4v) is 3.46. The molecular weight excluding hydrogens is 300 g/mol. The Hall–Kier alpha value is -2.18. The number of aliphatic hydroxyl groups excluding tert-OH is 1. The number of aliphatic hydroxyl groups is 1. The summed E-state index contributed by atoms with van der Waals surface area (Å²) < 4.78 is 6.68. The number of thiophene rings is 1. The molecule has 3 rings (SSSR count). The van der Waals surface area contributed by atoms with Crippen molar-refractivity contribution in [2.75, 3.05) is 13.7 Å². The van der Waals surface area contributed by atoms with Crippen molar-refractivity contribution in [3.05, 3.63) is 45.8 Å². The molecule has 0 saturated heterocycles. The third-order valence-corrected chi connectivity index (χ3v) is 4.48. The number of hydrogen-bond acceptors (Lipinski definition) is 5. The second-order valence-corrected chi connectivity index (χ2v) is 5.76. The summed E-state index contributed by atoms with van der Waals surface area (Å²) in [6.45, 7) is 1.95. The highest BCUT2D eigenvalue weighted by molar-refractivity contribution is 7.17. The molecule has 2 aromatic heterocycles. The number of benzene rings is 1. The van der Waals surface area contributed by atoms with Gasteiger partial charge >= 0.3 is 0 Å². The molecule has 114 valence electrons. The van der Waals surface area contributed by atoms with Crippen molar-refractivity contribution in [1.82, 2.24) is 9.55 Å². The van der Waals surface area contributed by atoms with Crippen LogP contribution in [-0.4, -0.2) is 28.4 Å². The van der Waals surface area contributed by atoms with E-state index in [1.165, 1.54) is 15.9 Å². The molecule has 0 fully saturated rings. The highest BCUT2D eigenvalue weighted by atomic mass is 32.1. The largest absolute Gasteiger partial charge is 0.497 e. The van der Waals surface area contributed by atoms with Crippen LogP contribution in [0.1, 0.15) is 5.82 Å². The minimum Gasteiger partial charge on any atom is -0.497 e. The van der Waals surface area contributed by atoms with Crippen LogP contribution in [0.2, 0.25) is 0 Å². The van der Waals surface area contributed by atoms with Gasteiger partial charge in [0.1, 0.15) is 16.4 Å². The zero-order valence-corrected chi connectivity index (χ0v) is 13.2. The van der Waals surface area contributed by atoms with E-state index in [9.17, 15) is 4.79 Å². The van der Waals surface area contributed by atoms with Gasteiger partial charge in [0.2, 0.25) is 0 Å². The molecule has 3 aromatic rings. The topological polar surface area (TPSA) is 64.3 Å². The van der Waals surface area contributed by atoms with E-state index in [2.05, 4.69) is 4.98 Å². The number of ether oxygens (including phenoxy) is 1. The fraction of sp³-hybridized carbons (Fsp3) is 0.250. The standard InChI is InChI=1S/C16H16N2O3S/c1-10-17-15-14(16(20)18(10)7-8-19)13(9-22-15)11-3-5-12(21-2)6-4-11/h3-6,9,19H,7-8H2,1-2H3. The van der Waals surface area contributed by atoms with Gasteiger partial charge in [0.25, 0.3) is 5.56 Å². The predicted molar refractivity (Wildman–Crippen MR) is 87.7 cm³/mol. The van der Waals surface area contributed by atoms with E-state index in [4.69, 9.17) is 9.84 Å². The number of hydrogen-bond donors (Lipinski definition) is 1. The third kappa shape index (κ3) is 2.40. The summed E-state index contributed by atoms with van der Waals surface area (Å²) in [5, 5.41) is 11.7. The maximum atomic E-state index is 12.7. The lowest BCUT2D eigenvalue weighted by molar-refractivity contribution is 0.272. The van der Waals surface area contributed by atoms with Crippen LogP contribution in [-0.2, 0) is 6.54 Å². The predicted octanol–water partition coefficient (Wildman–Crippen LogP) is 2.43. The summed E-state index contributed by atoms with van der Waals surface area (Å²) in [6, 6.07) is 7.59. The van der Waals surface area contributed by atoms with Crippen LogP contribution in [0.15, 0.2) is 34.4 Å². The molecule has 0 atom stereocenters. The van der Waals surface area contributed by atoms with Crippen LogP contribution in [0, 0.1) is 6.92 Å². The minimum atomic E-state index is -0.108. The van der Waals surface area contributed by atoms with Gasteiger partial charge in [-0.3, -0.25) is 9.36 Å². The number of nitrogens with zero attached hydrogens (tertiary/aromatic N) is 2. The number of methoxy groups -OCH3 is 1. The van der Waals surface area contributed by atoms with Crippen molar-refractivity contribution in [2.24, 2.45) is 0 Å². The van der Waals surface area contributed by atoms with Crippen molar-refractivity contribution < 1.29 is 9.84 Å². The van der Waals surface area contributed by atoms with Gasteiger partial charge in [-0.15, -0.1) is 11.3 Å². The van der Waals surface area contributed by atoms with Gasteiger partial charge < -0.3 is 9.84 Å². The monoisotopic (exact) mass is 316 g/mol. The normalized spacial score (nSPS) is 11.0. The lowest BCUT2D eigenvalue weighted by Gasteiger charge is -2.08. The summed E-state index contributed by atoms with van der Waals surface area (Å²) in [5.41, 5.74) is 1.71. The quantitative estimate of drug-likeness (QED) is 0.803. The zero-order chi connectivity index (χ0) is 15.7. The van der Waals surface area contributed by atoms with Gasteiger partial charge in [-0.2, -0.15) is 0 Å². The van der Waals surface area contributed by atoms with Gasteiger partial charge in [0.15, 0.2) is 0 Å². The second kappa shape index (κ2) is 5.90. The molecule has 0 radical (unpaired) electrons. The lowest BCUT2D eigenvalue weighted by Crippen LogP contribution is -2.25. The van der Waals surface area contributed by atoms with Gasteiger partial charge in [-0.25, -0.2) is 4.98 Å². The smallest absolute Gasteiger partial charge is 0.262 e. The van der Waals surface area contributed by atoms with Crippen LogP contribution in [0.4, 0.5) is 0 Å². The van der Waals surface area contributed by atoms with Crippen LogP contribution in [0.25, 0.3) is 21.3 Å². The molecule has 6 heteroatoms. The van der Waals surface area contributed by atoms with Crippen molar-refractivity contribution in [1.29, 1.82) is 0 Å². The SMILES string of the molecule is COc1ccc(-c2csc3nc(C)n(CCO)c(=O)c23)cc1. The molecule has 0 unspecified atom stereocenters. The molecule has 0 aliphatic rings. The maximum Gasteiger partial charge on any atom is 0.262 e. The van der Waals surface area contributed by atoms with Gasteiger partial charge in [0, 0.05) is 10.9 Å². The van der Waals surface area contributed by atoms with Crippen LogP contribution in [0.5, 0.6) is 5.75 Å². The first-order valence-electron chi connectivity index (χ1n) is 6.89. The number of aromatic nitrogens is 2. The van der Waals surface area contributed by atoms with Crippen molar-refractivity contribution in [3.63, 3.8) is 0 Å². The first-order chi connectivity index (χ1) is 10.7. The number of aryl methyl sites for hydroxylation is 1. The summed E-state index contributed by atoms with van der Waals surface area (Å²) in [5.74, 6) is 1.39. The maximum absolute atomic E-state index is 12.7. The van der Waals surface area contributed by atoms with Crippen molar-refractivity contribution >= 4 is 21.6 Å². The fourth-order valence-electron chi connectivity index (χ4n) is 2.47. The molecule has 0 aliphatic carbocycles. The molecule has 0 saturated carbocycles. The van der Waals surface area contributed by atoms with Crippen molar-refractivity contribution in [3.8, 4) is 16.9 Å². The Morgan fingerprint density at radius 3 is 2.68 bits per heavy atom. The zero-order valence-electron chi connectivity index (χ0n) is 12.4. The Kier molecular flexibility index (Phi) is 3.96. The van der Waals surface area contributed by atoms with E-state index < -0.39 is 0 Å². The Bertz CT molecular complexity index is 865. The summed E-state index contributed by atoms with van der Waals surface area (Å²) in [7, 11) is 1.62. The number of fused-ring (bicyclic) bond motifs is 1. The number of rotatable bonds is 4. The van der Waals surface area contributed by atoms with E-state index >= 15 is 0 Å². The van der Waals surface area contributed by atoms with E-state index in [1.807, 2.05) is 29.6 Å². The van der Waals surface area contributed by atoms with Gasteiger partial charge in [-0.1, -0.05) is 12.1 Å². The van der Waals surface area contributed by atoms with E-state index in [0.29, 0.717) is 11.2 Å². The first kappa shape index (κ1) is 14.7. The molecule has 0 aliphatic heterocycles. The molecule has 1 N–H and O–H groups in total. The highest BCUT2D eigenvalue weighted by Crippen LogP contribution is 2.31. The molecule has 0 amide bonds. The van der Waals surface area contributed by atoms with E-state index in [-0.39, 0.29) is 18.7 Å². The Labute approximate surface area is 131 Å². The van der Waals surface area contributed by atoms with E-state index in [1.54, 1.807) is 14.0 Å². The van der Waals surface area contributed by atoms with E-state index in [0.717, 1.165) is 21.7 Å². The van der Waals surface area contributed by atoms with Crippen LogP contribution >= 0.6 is 11.3 Å². The summed E-state index contributed by atoms with van der Waals surface area (Å²) in [6.07, 6.45) is 0. The molecule has 0 spiro atoms. The molecule has 22 heavy (non-hydrogen) atoms. The average Bonchev–Trinajstić information content (AvgIpc) is 2.95. The summed E-state index contributed by atoms with van der Waals surface area (Å²) in [4.78, 5) is 17.9.